The first-order valence-electron chi connectivity index (χ1n) is 7.12. The Kier molecular flexibility index (Phi) is 6.19. The fourth-order valence-electron chi connectivity index (χ4n) is 2.04. The summed E-state index contributed by atoms with van der Waals surface area (Å²) in [5.74, 6) is -0.0675. The smallest absolute Gasteiger partial charge is 0.340 e. The highest BCUT2D eigenvalue weighted by Crippen LogP contribution is 2.38. The van der Waals surface area contributed by atoms with Gasteiger partial charge < -0.3 is 18.9 Å². The second kappa shape index (κ2) is 8.34. The summed E-state index contributed by atoms with van der Waals surface area (Å²) in [5, 5.41) is 0.255. The van der Waals surface area contributed by atoms with E-state index in [2.05, 4.69) is 4.98 Å². The van der Waals surface area contributed by atoms with E-state index in [0.29, 0.717) is 17.2 Å². The number of halogens is 1. The van der Waals surface area contributed by atoms with Gasteiger partial charge in [0, 0.05) is 11.8 Å². The number of ether oxygens (including phenoxy) is 4. The van der Waals surface area contributed by atoms with Gasteiger partial charge in [-0.05, 0) is 24.3 Å². The molecule has 1 aromatic heterocycles. The molecule has 0 unspecified atom stereocenters. The van der Waals surface area contributed by atoms with Crippen molar-refractivity contribution < 1.29 is 28.5 Å². The van der Waals surface area contributed by atoms with E-state index in [0.717, 1.165) is 0 Å². The molecule has 0 aliphatic carbocycles. The monoisotopic (exact) mass is 365 g/mol. The third kappa shape index (κ3) is 4.39. The molecule has 1 heterocycles. The molecule has 2 aromatic rings. The first kappa shape index (κ1) is 18.5. The number of esters is 1. The Morgan fingerprint density at radius 1 is 1.00 bits per heavy atom. The molecule has 0 saturated heterocycles. The van der Waals surface area contributed by atoms with Crippen LogP contribution >= 0.6 is 11.6 Å². The highest BCUT2D eigenvalue weighted by atomic mass is 35.5. The number of Topliss-reactive ketones (excluding diaryl/α,β-unsaturated/α-hetero) is 1. The lowest BCUT2D eigenvalue weighted by Gasteiger charge is -2.13. The van der Waals surface area contributed by atoms with Crippen molar-refractivity contribution >= 4 is 23.4 Å². The Morgan fingerprint density at radius 3 is 2.12 bits per heavy atom. The highest BCUT2D eigenvalue weighted by molar-refractivity contribution is 6.29. The van der Waals surface area contributed by atoms with E-state index in [1.807, 2.05) is 0 Å². The Hall–Kier alpha value is -2.80. The minimum absolute atomic E-state index is 0.196. The third-order valence-corrected chi connectivity index (χ3v) is 3.51. The maximum Gasteiger partial charge on any atom is 0.340 e. The summed E-state index contributed by atoms with van der Waals surface area (Å²) >= 11 is 5.65. The van der Waals surface area contributed by atoms with Gasteiger partial charge in [-0.2, -0.15) is 0 Å². The molecule has 0 saturated carbocycles. The number of carbonyl (C=O) groups is 2. The number of hydrogen-bond acceptors (Lipinski definition) is 7. The topological polar surface area (TPSA) is 84.0 Å². The van der Waals surface area contributed by atoms with Crippen LogP contribution < -0.4 is 14.2 Å². The molecule has 0 radical (unpaired) electrons. The van der Waals surface area contributed by atoms with E-state index < -0.39 is 18.4 Å². The van der Waals surface area contributed by atoms with Gasteiger partial charge in [-0.25, -0.2) is 9.78 Å². The van der Waals surface area contributed by atoms with Gasteiger partial charge in [0.15, 0.2) is 18.1 Å². The van der Waals surface area contributed by atoms with Crippen molar-refractivity contribution in [2.45, 2.75) is 0 Å². The van der Waals surface area contributed by atoms with Crippen LogP contribution in [0.4, 0.5) is 0 Å². The maximum atomic E-state index is 12.3. The van der Waals surface area contributed by atoms with Gasteiger partial charge in [-0.15, -0.1) is 0 Å². The Morgan fingerprint density at radius 2 is 1.64 bits per heavy atom. The number of carbonyl (C=O) groups excluding carboxylic acids is 2. The van der Waals surface area contributed by atoms with Crippen LogP contribution in [-0.2, 0) is 4.74 Å². The summed E-state index contributed by atoms with van der Waals surface area (Å²) in [5.41, 5.74) is 0.457. The van der Waals surface area contributed by atoms with Crippen molar-refractivity contribution in [2.75, 3.05) is 27.9 Å². The normalized spacial score (nSPS) is 10.1. The average Bonchev–Trinajstić information content (AvgIpc) is 2.64. The van der Waals surface area contributed by atoms with Crippen molar-refractivity contribution in [1.82, 2.24) is 4.98 Å². The van der Waals surface area contributed by atoms with Gasteiger partial charge in [-0.3, -0.25) is 4.79 Å². The van der Waals surface area contributed by atoms with Crippen LogP contribution in [0.3, 0.4) is 0 Å². The van der Waals surface area contributed by atoms with Crippen LogP contribution in [0.15, 0.2) is 30.5 Å². The van der Waals surface area contributed by atoms with Crippen LogP contribution in [0.1, 0.15) is 20.7 Å². The lowest BCUT2D eigenvalue weighted by Crippen LogP contribution is -2.15. The molecular formula is C17H16ClNO6. The van der Waals surface area contributed by atoms with Crippen LogP contribution in [0.25, 0.3) is 0 Å². The van der Waals surface area contributed by atoms with Gasteiger partial charge in [0.25, 0.3) is 0 Å². The Labute approximate surface area is 149 Å². The molecule has 0 N–H and O–H groups in total. The fourth-order valence-corrected chi connectivity index (χ4v) is 2.15. The van der Waals surface area contributed by atoms with Gasteiger partial charge in [0.1, 0.15) is 5.15 Å². The standard InChI is InChI=1S/C17H16ClNO6/c1-22-13-6-11(7-14(23-2)16(13)24-3)12(20)9-25-17(21)10-4-5-15(18)19-8-10/h4-8H,9H2,1-3H3. The molecular weight excluding hydrogens is 350 g/mol. The van der Waals surface area contributed by atoms with Crippen molar-refractivity contribution in [1.29, 1.82) is 0 Å². The molecule has 0 fully saturated rings. The summed E-state index contributed by atoms with van der Waals surface area (Å²) in [6, 6.07) is 5.89. The predicted octanol–water partition coefficient (Wildman–Crippen LogP) is 2.80. The Bertz CT molecular complexity index is 750. The van der Waals surface area contributed by atoms with Crippen molar-refractivity contribution in [2.24, 2.45) is 0 Å². The molecule has 0 spiro atoms. The zero-order valence-electron chi connectivity index (χ0n) is 13.9. The van der Waals surface area contributed by atoms with E-state index in [-0.39, 0.29) is 16.3 Å². The molecule has 1 aromatic carbocycles. The second-order valence-corrected chi connectivity index (χ2v) is 5.17. The molecule has 0 amide bonds. The molecule has 7 nitrogen and oxygen atoms in total. The summed E-state index contributed by atoms with van der Waals surface area (Å²) in [6.45, 7) is -0.444. The number of pyridine rings is 1. The predicted molar refractivity (Wildman–Crippen MR) is 90.0 cm³/mol. The molecule has 2 rings (SSSR count). The molecule has 25 heavy (non-hydrogen) atoms. The first-order valence-corrected chi connectivity index (χ1v) is 7.49. The molecule has 132 valence electrons. The number of hydrogen-bond donors (Lipinski definition) is 0. The van der Waals surface area contributed by atoms with Gasteiger partial charge in [0.2, 0.25) is 11.5 Å². The molecule has 0 atom stereocenters. The minimum atomic E-state index is -0.676. The van der Waals surface area contributed by atoms with Crippen molar-refractivity contribution in [3.05, 3.63) is 46.7 Å². The Balaban J connectivity index is 2.12. The summed E-state index contributed by atoms with van der Waals surface area (Å²) in [7, 11) is 4.35. The average molecular weight is 366 g/mol. The van der Waals surface area contributed by atoms with E-state index in [9.17, 15) is 9.59 Å². The van der Waals surface area contributed by atoms with E-state index in [1.54, 1.807) is 0 Å². The number of rotatable bonds is 7. The third-order valence-electron chi connectivity index (χ3n) is 3.28. The number of aromatic nitrogens is 1. The molecule has 0 aliphatic rings. The zero-order valence-corrected chi connectivity index (χ0v) is 14.6. The fraction of sp³-hybridized carbons (Fsp3) is 0.235. The van der Waals surface area contributed by atoms with Gasteiger partial charge in [-0.1, -0.05) is 11.6 Å². The summed E-state index contributed by atoms with van der Waals surface area (Å²) < 4.78 is 20.6. The van der Waals surface area contributed by atoms with E-state index in [1.165, 1.54) is 51.8 Å². The van der Waals surface area contributed by atoms with E-state index >= 15 is 0 Å². The quantitative estimate of drug-likeness (QED) is 0.423. The second-order valence-electron chi connectivity index (χ2n) is 4.78. The largest absolute Gasteiger partial charge is 0.493 e. The summed E-state index contributed by atoms with van der Waals surface area (Å²) in [4.78, 5) is 28.0. The SMILES string of the molecule is COc1cc(C(=O)COC(=O)c2ccc(Cl)nc2)cc(OC)c1OC. The zero-order chi connectivity index (χ0) is 18.4. The highest BCUT2D eigenvalue weighted by Gasteiger charge is 2.18. The van der Waals surface area contributed by atoms with Crippen LogP contribution in [0.2, 0.25) is 5.15 Å². The maximum absolute atomic E-state index is 12.3. The molecule has 8 heteroatoms. The number of methoxy groups -OCH3 is 3. The lowest BCUT2D eigenvalue weighted by molar-refractivity contribution is 0.0474. The van der Waals surface area contributed by atoms with Crippen molar-refractivity contribution in [3.63, 3.8) is 0 Å². The summed E-state index contributed by atoms with van der Waals surface area (Å²) in [6.07, 6.45) is 1.27. The first-order chi connectivity index (χ1) is 12.0. The van der Waals surface area contributed by atoms with E-state index in [4.69, 9.17) is 30.5 Å². The number of benzene rings is 1. The van der Waals surface area contributed by atoms with Crippen LogP contribution in [-0.4, -0.2) is 44.7 Å². The minimum Gasteiger partial charge on any atom is -0.493 e. The molecule has 0 aliphatic heterocycles. The lowest BCUT2D eigenvalue weighted by atomic mass is 10.1. The number of nitrogens with zero attached hydrogens (tertiary/aromatic N) is 1. The number of ketones is 1. The van der Waals surface area contributed by atoms with Crippen molar-refractivity contribution in [3.8, 4) is 17.2 Å². The van der Waals surface area contributed by atoms with Gasteiger partial charge >= 0.3 is 5.97 Å². The van der Waals surface area contributed by atoms with Gasteiger partial charge in [0.05, 0.1) is 26.9 Å². The van der Waals surface area contributed by atoms with Crippen LogP contribution in [0, 0.1) is 0 Å². The molecule has 0 bridgehead atoms. The van der Waals surface area contributed by atoms with Crippen LogP contribution in [0.5, 0.6) is 17.2 Å².